The zero-order valence-electron chi connectivity index (χ0n) is 17.0. The Kier molecular flexibility index (Phi) is 6.98. The quantitative estimate of drug-likeness (QED) is 0.312. The maximum atomic E-state index is 12.2. The molecule has 3 aromatic carbocycles. The third-order valence-corrected chi connectivity index (χ3v) is 4.92. The van der Waals surface area contributed by atoms with Crippen molar-refractivity contribution < 1.29 is 13.9 Å². The van der Waals surface area contributed by atoms with E-state index in [0.29, 0.717) is 23.3 Å². The molecule has 0 aliphatic heterocycles. The lowest BCUT2D eigenvalue weighted by Crippen LogP contribution is -2.23. The lowest BCUT2D eigenvalue weighted by molar-refractivity contribution is 0.232. The number of nitrogens with zero attached hydrogens (tertiary/aromatic N) is 1. The van der Waals surface area contributed by atoms with Gasteiger partial charge in [0.2, 0.25) is 0 Å². The minimum Gasteiger partial charge on any atom is -0.497 e. The molecule has 6 heteroatoms. The lowest BCUT2D eigenvalue weighted by atomic mass is 10.1. The van der Waals surface area contributed by atoms with Crippen LogP contribution >= 0.6 is 12.4 Å². The van der Waals surface area contributed by atoms with Gasteiger partial charge in [-0.3, -0.25) is 4.90 Å². The van der Waals surface area contributed by atoms with Crippen LogP contribution in [0.5, 0.6) is 11.5 Å². The molecule has 0 fully saturated rings. The highest BCUT2D eigenvalue weighted by Crippen LogP contribution is 2.26. The molecule has 0 radical (unpaired) electrons. The number of fused-ring (bicyclic) bond motifs is 3. The molecule has 0 spiro atoms. The third kappa shape index (κ3) is 4.75. The number of rotatable bonds is 7. The van der Waals surface area contributed by atoms with E-state index in [9.17, 15) is 4.79 Å². The minimum atomic E-state index is -0.330. The maximum absolute atomic E-state index is 12.2. The normalized spacial score (nSPS) is 10.9. The van der Waals surface area contributed by atoms with Crippen LogP contribution < -0.4 is 15.1 Å². The number of hydrogen-bond acceptors (Lipinski definition) is 5. The summed E-state index contributed by atoms with van der Waals surface area (Å²) >= 11 is 0. The second-order valence-electron chi connectivity index (χ2n) is 7.03. The standard InChI is InChI=1S/C24H23NO4.ClH/c1-25(16-17-6-5-7-18(14-17)27-2)12-13-28-19-10-11-21-20-8-3-4-9-22(20)24(26)29-23(21)15-19;/h3-11,14-15H,12-13,16H2,1-2H3;1H. The number of methoxy groups -OCH3 is 1. The van der Waals surface area contributed by atoms with E-state index in [1.807, 2.05) is 48.5 Å². The fourth-order valence-electron chi connectivity index (χ4n) is 3.43. The molecule has 156 valence electrons. The first-order valence-electron chi connectivity index (χ1n) is 9.54. The van der Waals surface area contributed by atoms with E-state index in [1.54, 1.807) is 19.2 Å². The smallest absolute Gasteiger partial charge is 0.344 e. The van der Waals surface area contributed by atoms with Gasteiger partial charge < -0.3 is 13.9 Å². The van der Waals surface area contributed by atoms with Crippen molar-refractivity contribution in [3.63, 3.8) is 0 Å². The summed E-state index contributed by atoms with van der Waals surface area (Å²) in [6.07, 6.45) is 0. The summed E-state index contributed by atoms with van der Waals surface area (Å²) in [5.41, 5.74) is 1.39. The first kappa shape index (κ1) is 21.7. The Morgan fingerprint density at radius 2 is 1.70 bits per heavy atom. The van der Waals surface area contributed by atoms with E-state index >= 15 is 0 Å². The Balaban J connectivity index is 0.00000256. The summed E-state index contributed by atoms with van der Waals surface area (Å²) in [7, 11) is 3.72. The van der Waals surface area contributed by atoms with Crippen molar-refractivity contribution in [1.82, 2.24) is 4.90 Å². The second kappa shape index (κ2) is 9.65. The molecule has 0 saturated heterocycles. The summed E-state index contributed by atoms with van der Waals surface area (Å²) in [5, 5.41) is 2.39. The molecule has 1 heterocycles. The molecule has 5 nitrogen and oxygen atoms in total. The van der Waals surface area contributed by atoms with Crippen LogP contribution in [-0.4, -0.2) is 32.2 Å². The van der Waals surface area contributed by atoms with E-state index in [1.165, 1.54) is 5.56 Å². The molecule has 1 aromatic heterocycles. The van der Waals surface area contributed by atoms with Crippen molar-refractivity contribution in [2.75, 3.05) is 27.3 Å². The summed E-state index contributed by atoms with van der Waals surface area (Å²) in [6, 6.07) is 21.2. The van der Waals surface area contributed by atoms with Crippen LogP contribution in [0, 0.1) is 0 Å². The van der Waals surface area contributed by atoms with Crippen molar-refractivity contribution >= 4 is 34.1 Å². The largest absolute Gasteiger partial charge is 0.497 e. The summed E-state index contributed by atoms with van der Waals surface area (Å²) in [4.78, 5) is 14.4. The lowest BCUT2D eigenvalue weighted by Gasteiger charge is -2.17. The van der Waals surface area contributed by atoms with Crippen LogP contribution in [-0.2, 0) is 6.54 Å². The molecule has 0 saturated carbocycles. The molecule has 0 bridgehead atoms. The van der Waals surface area contributed by atoms with Gasteiger partial charge in [-0.1, -0.05) is 30.3 Å². The molecule has 4 aromatic rings. The predicted octanol–water partition coefficient (Wildman–Crippen LogP) is 4.89. The van der Waals surface area contributed by atoms with Crippen LogP contribution in [0.25, 0.3) is 21.7 Å². The summed E-state index contributed by atoms with van der Waals surface area (Å²) in [6.45, 7) is 2.10. The Bertz CT molecular complexity index is 1200. The van der Waals surface area contributed by atoms with Crippen molar-refractivity contribution in [2.45, 2.75) is 6.54 Å². The van der Waals surface area contributed by atoms with Crippen molar-refractivity contribution in [3.8, 4) is 11.5 Å². The van der Waals surface area contributed by atoms with Gasteiger partial charge in [-0.05, 0) is 48.3 Å². The molecule has 0 aliphatic rings. The predicted molar refractivity (Wildman–Crippen MR) is 122 cm³/mol. The minimum absolute atomic E-state index is 0. The average Bonchev–Trinajstić information content (AvgIpc) is 2.74. The molecule has 0 aliphatic carbocycles. The van der Waals surface area contributed by atoms with E-state index in [4.69, 9.17) is 13.9 Å². The molecular weight excluding hydrogens is 402 g/mol. The van der Waals surface area contributed by atoms with Crippen LogP contribution in [0.1, 0.15) is 5.56 Å². The van der Waals surface area contributed by atoms with Gasteiger partial charge in [-0.15, -0.1) is 12.4 Å². The number of halogens is 1. The fraction of sp³-hybridized carbons (Fsp3) is 0.208. The highest BCUT2D eigenvalue weighted by atomic mass is 35.5. The van der Waals surface area contributed by atoms with Crippen molar-refractivity contribution in [2.24, 2.45) is 0 Å². The van der Waals surface area contributed by atoms with Gasteiger partial charge >= 0.3 is 5.63 Å². The molecule has 0 N–H and O–H groups in total. The Hall–Kier alpha value is -3.02. The van der Waals surface area contributed by atoms with Gasteiger partial charge in [0.25, 0.3) is 0 Å². The van der Waals surface area contributed by atoms with Crippen LogP contribution in [0.2, 0.25) is 0 Å². The number of likely N-dealkylation sites (N-methyl/N-ethyl adjacent to an activating group) is 1. The first-order chi connectivity index (χ1) is 14.1. The molecule has 30 heavy (non-hydrogen) atoms. The van der Waals surface area contributed by atoms with E-state index in [2.05, 4.69) is 18.0 Å². The van der Waals surface area contributed by atoms with Gasteiger partial charge in [0.15, 0.2) is 0 Å². The fourth-order valence-corrected chi connectivity index (χ4v) is 3.43. The molecule has 0 unspecified atom stereocenters. The molecule has 0 amide bonds. The summed E-state index contributed by atoms with van der Waals surface area (Å²) in [5.74, 6) is 1.54. The highest BCUT2D eigenvalue weighted by molar-refractivity contribution is 6.04. The Labute approximate surface area is 181 Å². The maximum Gasteiger partial charge on any atom is 0.344 e. The van der Waals surface area contributed by atoms with Gasteiger partial charge in [0.1, 0.15) is 23.7 Å². The SMILES string of the molecule is COc1cccc(CN(C)CCOc2ccc3c(c2)oc(=O)c2ccccc23)c1.Cl. The average molecular weight is 426 g/mol. The first-order valence-corrected chi connectivity index (χ1v) is 9.54. The van der Waals surface area contributed by atoms with E-state index in [0.717, 1.165) is 29.6 Å². The topological polar surface area (TPSA) is 51.9 Å². The zero-order chi connectivity index (χ0) is 20.2. The highest BCUT2D eigenvalue weighted by Gasteiger charge is 2.08. The number of ether oxygens (including phenoxy) is 2. The van der Waals surface area contributed by atoms with E-state index in [-0.39, 0.29) is 18.0 Å². The van der Waals surface area contributed by atoms with Crippen molar-refractivity contribution in [3.05, 3.63) is 82.7 Å². The van der Waals surface area contributed by atoms with E-state index < -0.39 is 0 Å². The van der Waals surface area contributed by atoms with Crippen LogP contribution in [0.3, 0.4) is 0 Å². The number of benzene rings is 3. The monoisotopic (exact) mass is 425 g/mol. The second-order valence-corrected chi connectivity index (χ2v) is 7.03. The molecule has 0 atom stereocenters. The Morgan fingerprint density at radius 3 is 2.50 bits per heavy atom. The molecular formula is C24H24ClNO4. The Morgan fingerprint density at radius 1 is 0.900 bits per heavy atom. The van der Waals surface area contributed by atoms with Gasteiger partial charge in [-0.2, -0.15) is 0 Å². The number of hydrogen-bond donors (Lipinski definition) is 0. The van der Waals surface area contributed by atoms with Gasteiger partial charge in [-0.25, -0.2) is 4.79 Å². The zero-order valence-corrected chi connectivity index (χ0v) is 17.8. The van der Waals surface area contributed by atoms with Crippen LogP contribution in [0.4, 0.5) is 0 Å². The molecule has 4 rings (SSSR count). The van der Waals surface area contributed by atoms with Crippen molar-refractivity contribution in [1.29, 1.82) is 0 Å². The van der Waals surface area contributed by atoms with Gasteiger partial charge in [0.05, 0.1) is 12.5 Å². The third-order valence-electron chi connectivity index (χ3n) is 4.92. The van der Waals surface area contributed by atoms with Crippen LogP contribution in [0.15, 0.2) is 75.9 Å². The van der Waals surface area contributed by atoms with Gasteiger partial charge in [0, 0.05) is 24.5 Å². The summed E-state index contributed by atoms with van der Waals surface area (Å²) < 4.78 is 16.6.